The fraction of sp³-hybridized carbons (Fsp3) is 0.342. The molecular weight excluding hydrogens is 991 g/mol. The second-order valence-electron chi connectivity index (χ2n) is 24.7. The third kappa shape index (κ3) is 11.0. The minimum atomic E-state index is 0.145. The Balaban J connectivity index is 1.05. The Labute approximate surface area is 484 Å². The van der Waals surface area contributed by atoms with E-state index in [9.17, 15) is 0 Å². The molecule has 404 valence electrons. The van der Waals surface area contributed by atoms with Crippen molar-refractivity contribution in [3.05, 3.63) is 197 Å². The molecule has 1 aliphatic heterocycles. The number of aryl methyl sites for hydroxylation is 18. The van der Waals surface area contributed by atoms with Crippen LogP contribution in [-0.4, -0.2) is 42.4 Å². The predicted molar refractivity (Wildman–Crippen MR) is 353 cm³/mol. The Kier molecular flexibility index (Phi) is 16.1. The highest BCUT2D eigenvalue weighted by Crippen LogP contribution is 2.43. The number of nitrogens with one attached hydrogen (secondary N) is 1. The second kappa shape index (κ2) is 22.6. The number of benzene rings is 6. The fourth-order valence-corrected chi connectivity index (χ4v) is 17.2. The van der Waals surface area contributed by atoms with Crippen LogP contribution in [0.1, 0.15) is 127 Å². The van der Waals surface area contributed by atoms with Crippen LogP contribution < -0.4 is 32.8 Å². The van der Waals surface area contributed by atoms with Crippen molar-refractivity contribution in [3.8, 4) is 42.0 Å². The monoisotopic (exact) mass is 1070 g/mol. The lowest BCUT2D eigenvalue weighted by Crippen LogP contribution is -2.57. The molecule has 0 atom stereocenters. The van der Waals surface area contributed by atoms with Gasteiger partial charge in [0.15, 0.2) is 0 Å². The SMILES string of the molecule is Cc1cc(C)c(B(c2c(C)cc(C)cc2C)c2c(C)cc(-c3cc4c(s3)-c3ccc([nH]3)-c3sc(-c5cc(C)c(B(c6c(C)cc(C)cc6C)c6c(C)cc(C)cc6C)c(C)c5)cc3CCCN(C(C)C)CCC4)cc2C)c(C)c1. The van der Waals surface area contributed by atoms with E-state index in [0.717, 1.165) is 38.8 Å². The van der Waals surface area contributed by atoms with Crippen molar-refractivity contribution in [1.82, 2.24) is 9.88 Å². The van der Waals surface area contributed by atoms with Gasteiger partial charge in [-0.3, -0.25) is 0 Å². The lowest BCUT2D eigenvalue weighted by molar-refractivity contribution is 0.217. The Bertz CT molecular complexity index is 3320. The number of aromatic nitrogens is 1. The maximum Gasteiger partial charge on any atom is 0.243 e. The molecular formula is C73H84B2N2S2. The molecule has 1 N–H and O–H groups in total. The first kappa shape index (κ1) is 56.4. The summed E-state index contributed by atoms with van der Waals surface area (Å²) in [4.78, 5) is 12.2. The molecule has 10 rings (SSSR count). The third-order valence-corrected chi connectivity index (χ3v) is 20.3. The summed E-state index contributed by atoms with van der Waals surface area (Å²) in [7, 11) is 0. The van der Waals surface area contributed by atoms with E-state index in [1.54, 1.807) is 0 Å². The predicted octanol–water partition coefficient (Wildman–Crippen LogP) is 15.4. The van der Waals surface area contributed by atoms with Gasteiger partial charge in [-0.05, 0) is 210 Å². The first-order valence-corrected chi connectivity index (χ1v) is 30.9. The lowest BCUT2D eigenvalue weighted by Gasteiger charge is -2.27. The summed E-state index contributed by atoms with van der Waals surface area (Å²) in [6, 6.07) is 39.4. The van der Waals surface area contributed by atoms with Gasteiger partial charge in [-0.1, -0.05) is 195 Å². The lowest BCUT2D eigenvalue weighted by atomic mass is 9.33. The van der Waals surface area contributed by atoms with Crippen molar-refractivity contribution in [2.75, 3.05) is 13.1 Å². The fourth-order valence-electron chi connectivity index (χ4n) is 14.8. The van der Waals surface area contributed by atoms with E-state index < -0.39 is 0 Å². The maximum absolute atomic E-state index is 4.07. The van der Waals surface area contributed by atoms with Crippen LogP contribution in [0.2, 0.25) is 0 Å². The quantitative estimate of drug-likeness (QED) is 0.143. The van der Waals surface area contributed by atoms with E-state index in [0.29, 0.717) is 6.04 Å². The molecule has 3 aromatic heterocycles. The van der Waals surface area contributed by atoms with Gasteiger partial charge in [0.25, 0.3) is 0 Å². The zero-order chi connectivity index (χ0) is 56.5. The van der Waals surface area contributed by atoms with Crippen LogP contribution in [0.4, 0.5) is 0 Å². The van der Waals surface area contributed by atoms with E-state index in [4.69, 9.17) is 0 Å². The number of aromatic amines is 1. The van der Waals surface area contributed by atoms with Crippen molar-refractivity contribution in [2.24, 2.45) is 0 Å². The highest BCUT2D eigenvalue weighted by atomic mass is 32.1. The van der Waals surface area contributed by atoms with Gasteiger partial charge >= 0.3 is 0 Å². The topological polar surface area (TPSA) is 19.0 Å². The molecule has 0 saturated carbocycles. The van der Waals surface area contributed by atoms with Gasteiger partial charge in [-0.25, -0.2) is 0 Å². The zero-order valence-corrected chi connectivity index (χ0v) is 52.6. The average molecular weight is 1080 g/mol. The molecule has 79 heavy (non-hydrogen) atoms. The zero-order valence-electron chi connectivity index (χ0n) is 51.0. The highest BCUT2D eigenvalue weighted by Gasteiger charge is 2.33. The standard InChI is InChI=1S/C73H84B2N2S2/c1-41(2)77-25-19-21-58-39-64(60-35-54(15)70(55(16)36-60)74(66-46(7)27-42(3)28-47(66)8)67-48(9)29-43(4)30-49(67)10)78-72(58)62-23-24-63(76-62)73-59(22-20-26-77)40-65(79-73)61-37-56(17)71(57(18)38-61)75(68-50(11)31-44(5)32-51(68)12)69-52(13)33-45(6)34-53(69)14/h23-24,27-41,76H,19-22,25-26H2,1-18H3. The average Bonchev–Trinajstić information content (AvgIpc) is 4.26. The smallest absolute Gasteiger partial charge is 0.243 e. The number of fused-ring (bicyclic) bond motifs is 6. The molecule has 0 aliphatic carbocycles. The molecule has 0 amide bonds. The number of thiophene rings is 2. The molecule has 1 aliphatic rings. The first-order chi connectivity index (χ1) is 37.6. The van der Waals surface area contributed by atoms with Crippen molar-refractivity contribution in [3.63, 3.8) is 0 Å². The van der Waals surface area contributed by atoms with Crippen LogP contribution in [0, 0.1) is 111 Å². The molecule has 2 nitrogen and oxygen atoms in total. The number of hydrogen-bond acceptors (Lipinski definition) is 3. The third-order valence-electron chi connectivity index (χ3n) is 17.7. The molecule has 0 saturated heterocycles. The first-order valence-electron chi connectivity index (χ1n) is 29.3. The van der Waals surface area contributed by atoms with Crippen molar-refractivity contribution in [1.29, 1.82) is 0 Å². The Morgan fingerprint density at radius 2 is 0.620 bits per heavy atom. The number of rotatable bonds is 9. The second-order valence-corrected chi connectivity index (χ2v) is 26.8. The molecule has 6 heteroatoms. The van der Waals surface area contributed by atoms with Crippen LogP contribution in [0.25, 0.3) is 42.0 Å². The molecule has 0 fully saturated rings. The maximum atomic E-state index is 4.07. The molecule has 4 heterocycles. The molecule has 2 bridgehead atoms. The summed E-state index contributed by atoms with van der Waals surface area (Å²) in [6.07, 6.45) is 4.37. The Morgan fingerprint density at radius 1 is 0.367 bits per heavy atom. The van der Waals surface area contributed by atoms with E-state index in [2.05, 4.69) is 232 Å². The van der Waals surface area contributed by atoms with Gasteiger partial charge in [-0.15, -0.1) is 22.7 Å². The van der Waals surface area contributed by atoms with Crippen molar-refractivity contribution in [2.45, 2.75) is 156 Å². The minimum absolute atomic E-state index is 0.145. The summed E-state index contributed by atoms with van der Waals surface area (Å²) < 4.78 is 0. The van der Waals surface area contributed by atoms with Crippen molar-refractivity contribution >= 4 is 68.9 Å². The van der Waals surface area contributed by atoms with E-state index in [1.165, 1.54) is 175 Å². The molecule has 6 aromatic carbocycles. The van der Waals surface area contributed by atoms with Crippen molar-refractivity contribution < 1.29 is 0 Å². The number of nitrogens with zero attached hydrogens (tertiary/aromatic N) is 1. The van der Waals surface area contributed by atoms with Crippen LogP contribution in [0.15, 0.2) is 97.1 Å². The van der Waals surface area contributed by atoms with Crippen LogP contribution in [0.3, 0.4) is 0 Å². The summed E-state index contributed by atoms with van der Waals surface area (Å²) in [6.45, 7) is 44.2. The van der Waals surface area contributed by atoms with Gasteiger partial charge in [0, 0.05) is 15.8 Å². The van der Waals surface area contributed by atoms with Gasteiger partial charge in [0.05, 0.1) is 21.1 Å². The number of hydrogen-bond donors (Lipinski definition) is 1. The minimum Gasteiger partial charge on any atom is -0.353 e. The van der Waals surface area contributed by atoms with E-state index in [-0.39, 0.29) is 13.4 Å². The molecule has 0 unspecified atom stereocenters. The molecule has 9 aromatic rings. The molecule has 0 radical (unpaired) electrons. The Morgan fingerprint density at radius 3 is 0.873 bits per heavy atom. The van der Waals surface area contributed by atoms with Gasteiger partial charge in [0.1, 0.15) is 0 Å². The van der Waals surface area contributed by atoms with Crippen LogP contribution in [-0.2, 0) is 12.8 Å². The highest BCUT2D eigenvalue weighted by molar-refractivity contribution is 7.19. The van der Waals surface area contributed by atoms with E-state index in [1.807, 2.05) is 22.7 Å². The summed E-state index contributed by atoms with van der Waals surface area (Å²) in [5.41, 5.74) is 38.4. The van der Waals surface area contributed by atoms with E-state index >= 15 is 0 Å². The summed E-state index contributed by atoms with van der Waals surface area (Å²) in [5, 5.41) is 0. The normalized spacial score (nSPS) is 13.2. The van der Waals surface area contributed by atoms with Gasteiger partial charge in [-0.2, -0.15) is 0 Å². The summed E-state index contributed by atoms with van der Waals surface area (Å²) in [5.74, 6) is 0. The Hall–Kier alpha value is -5.91. The summed E-state index contributed by atoms with van der Waals surface area (Å²) >= 11 is 3.94. The van der Waals surface area contributed by atoms with Gasteiger partial charge in [0.2, 0.25) is 13.4 Å². The van der Waals surface area contributed by atoms with Crippen LogP contribution in [0.5, 0.6) is 0 Å². The number of H-pyrrole nitrogens is 1. The van der Waals surface area contributed by atoms with Crippen LogP contribution >= 0.6 is 22.7 Å². The largest absolute Gasteiger partial charge is 0.353 e. The molecule has 0 spiro atoms. The van der Waals surface area contributed by atoms with Gasteiger partial charge < -0.3 is 9.88 Å².